The standard InChI is InChI=1S/C14H10OS.C13H8O2S/c1-9-6-7-13-11(8-9)14(15)10-4-2-3-5-12(10)16-13;14-8-5-6-12-10(7-8)13(15)9-3-1-2-4-11(9)16-12/h2-8H,1H3;1-7,14H. The van der Waals surface area contributed by atoms with Crippen LogP contribution in [0.3, 0.4) is 0 Å². The van der Waals surface area contributed by atoms with Crippen molar-refractivity contribution < 1.29 is 5.11 Å². The third-order valence-electron chi connectivity index (χ3n) is 5.29. The van der Waals surface area contributed by atoms with Crippen molar-refractivity contribution in [1.29, 1.82) is 0 Å². The molecular weight excluding hydrogens is 436 g/mol. The summed E-state index contributed by atoms with van der Waals surface area (Å²) in [5, 5.41) is 12.4. The zero-order valence-electron chi connectivity index (χ0n) is 17.2. The summed E-state index contributed by atoms with van der Waals surface area (Å²) >= 11 is 3.24. The maximum absolute atomic E-state index is 12.2. The Bertz CT molecular complexity index is 1620. The summed E-state index contributed by atoms with van der Waals surface area (Å²) in [6.45, 7) is 2.01. The minimum absolute atomic E-state index is 0.0137. The van der Waals surface area contributed by atoms with E-state index in [0.717, 1.165) is 35.1 Å². The van der Waals surface area contributed by atoms with E-state index < -0.39 is 0 Å². The summed E-state index contributed by atoms with van der Waals surface area (Å²) in [4.78, 5) is 24.4. The van der Waals surface area contributed by atoms with E-state index in [-0.39, 0.29) is 16.6 Å². The molecule has 0 aliphatic rings. The van der Waals surface area contributed by atoms with Crippen molar-refractivity contribution in [3.8, 4) is 5.75 Å². The molecule has 6 rings (SSSR count). The van der Waals surface area contributed by atoms with Gasteiger partial charge >= 0.3 is 0 Å². The zero-order valence-corrected chi connectivity index (χ0v) is 18.8. The first kappa shape index (κ1) is 20.4. The van der Waals surface area contributed by atoms with Gasteiger partial charge in [-0.15, -0.1) is 22.7 Å². The fourth-order valence-corrected chi connectivity index (χ4v) is 5.81. The number of hydrogen-bond acceptors (Lipinski definition) is 5. The molecule has 156 valence electrons. The second kappa shape index (κ2) is 8.19. The Balaban J connectivity index is 0.000000135. The van der Waals surface area contributed by atoms with E-state index in [1.165, 1.54) is 6.07 Å². The van der Waals surface area contributed by atoms with Crippen molar-refractivity contribution in [1.82, 2.24) is 0 Å². The highest BCUT2D eigenvalue weighted by molar-refractivity contribution is 7.24. The van der Waals surface area contributed by atoms with Crippen molar-refractivity contribution in [2.24, 2.45) is 0 Å². The number of aryl methyl sites for hydroxylation is 1. The molecule has 0 amide bonds. The van der Waals surface area contributed by atoms with Gasteiger partial charge in [0.05, 0.1) is 0 Å². The maximum atomic E-state index is 12.2. The number of phenols is 1. The lowest BCUT2D eigenvalue weighted by atomic mass is 10.1. The van der Waals surface area contributed by atoms with Crippen molar-refractivity contribution >= 4 is 63.0 Å². The van der Waals surface area contributed by atoms with Gasteiger partial charge in [0.2, 0.25) is 0 Å². The van der Waals surface area contributed by atoms with Gasteiger partial charge in [-0.3, -0.25) is 9.59 Å². The minimum Gasteiger partial charge on any atom is -0.508 e. The summed E-state index contributed by atoms with van der Waals surface area (Å²) < 4.78 is 4.00. The van der Waals surface area contributed by atoms with E-state index in [9.17, 15) is 14.7 Å². The molecule has 0 saturated carbocycles. The molecule has 0 saturated heterocycles. The summed E-state index contributed by atoms with van der Waals surface area (Å²) in [5.74, 6) is 0.132. The molecule has 0 unspecified atom stereocenters. The Hall–Kier alpha value is -3.54. The smallest absolute Gasteiger partial charge is 0.196 e. The summed E-state index contributed by atoms with van der Waals surface area (Å²) in [5.41, 5.74) is 1.26. The van der Waals surface area contributed by atoms with Gasteiger partial charge in [-0.25, -0.2) is 0 Å². The van der Waals surface area contributed by atoms with E-state index in [2.05, 4.69) is 0 Å². The van der Waals surface area contributed by atoms with Gasteiger partial charge in [0.1, 0.15) is 5.75 Å². The quantitative estimate of drug-likeness (QED) is 0.256. The lowest BCUT2D eigenvalue weighted by molar-refractivity contribution is 0.476. The molecule has 0 spiro atoms. The fraction of sp³-hybridized carbons (Fsp3) is 0.0370. The molecule has 0 atom stereocenters. The molecule has 4 aromatic carbocycles. The third-order valence-corrected chi connectivity index (χ3v) is 7.59. The molecular formula is C27H18O3S2. The highest BCUT2D eigenvalue weighted by Crippen LogP contribution is 2.27. The van der Waals surface area contributed by atoms with Gasteiger partial charge in [0, 0.05) is 40.3 Å². The van der Waals surface area contributed by atoms with Crippen LogP contribution in [0.4, 0.5) is 0 Å². The van der Waals surface area contributed by atoms with E-state index in [4.69, 9.17) is 0 Å². The first-order valence-corrected chi connectivity index (χ1v) is 11.7. The van der Waals surface area contributed by atoms with Crippen LogP contribution in [0.1, 0.15) is 5.56 Å². The zero-order chi connectivity index (χ0) is 22.2. The fourth-order valence-electron chi connectivity index (χ4n) is 3.71. The average molecular weight is 455 g/mol. The number of phenolic OH excluding ortho intramolecular Hbond substituents is 1. The second-order valence-electron chi connectivity index (χ2n) is 7.53. The van der Waals surface area contributed by atoms with Gasteiger partial charge in [-0.1, -0.05) is 35.9 Å². The molecule has 5 heteroatoms. The second-order valence-corrected chi connectivity index (χ2v) is 9.70. The highest BCUT2D eigenvalue weighted by atomic mass is 32.1. The Morgan fingerprint density at radius 2 is 1.03 bits per heavy atom. The lowest BCUT2D eigenvalue weighted by Gasteiger charge is -2.01. The first-order valence-electron chi connectivity index (χ1n) is 10.1. The van der Waals surface area contributed by atoms with Gasteiger partial charge in [-0.05, 0) is 61.5 Å². The van der Waals surface area contributed by atoms with Crippen LogP contribution in [-0.4, -0.2) is 5.11 Å². The Morgan fingerprint density at radius 3 is 1.62 bits per heavy atom. The van der Waals surface area contributed by atoms with Crippen LogP contribution in [0.5, 0.6) is 5.75 Å². The first-order chi connectivity index (χ1) is 15.5. The number of fused-ring (bicyclic) bond motifs is 4. The van der Waals surface area contributed by atoms with Crippen LogP contribution < -0.4 is 10.9 Å². The lowest BCUT2D eigenvalue weighted by Crippen LogP contribution is -2.00. The molecule has 6 aromatic rings. The molecule has 32 heavy (non-hydrogen) atoms. The molecule has 0 bridgehead atoms. The topological polar surface area (TPSA) is 54.4 Å². The van der Waals surface area contributed by atoms with Crippen LogP contribution in [0, 0.1) is 6.92 Å². The molecule has 2 heterocycles. The predicted octanol–water partition coefficient (Wildman–Crippen LogP) is 6.84. The van der Waals surface area contributed by atoms with Gasteiger partial charge in [-0.2, -0.15) is 0 Å². The predicted molar refractivity (Wildman–Crippen MR) is 138 cm³/mol. The largest absolute Gasteiger partial charge is 0.508 e. The van der Waals surface area contributed by atoms with Crippen LogP contribution in [0.2, 0.25) is 0 Å². The van der Waals surface area contributed by atoms with E-state index in [1.54, 1.807) is 34.8 Å². The molecule has 0 aliphatic heterocycles. The maximum Gasteiger partial charge on any atom is 0.196 e. The Labute approximate surface area is 191 Å². The number of rotatable bonds is 0. The number of benzene rings is 4. The Morgan fingerprint density at radius 1 is 0.562 bits per heavy atom. The number of hydrogen-bond donors (Lipinski definition) is 1. The molecule has 3 nitrogen and oxygen atoms in total. The van der Waals surface area contributed by atoms with Crippen LogP contribution in [-0.2, 0) is 0 Å². The summed E-state index contributed by atoms with van der Waals surface area (Å²) in [6.07, 6.45) is 0. The Kier molecular flexibility index (Phi) is 5.21. The summed E-state index contributed by atoms with van der Waals surface area (Å²) in [7, 11) is 0. The third kappa shape index (κ3) is 3.66. The normalized spacial score (nSPS) is 11.0. The van der Waals surface area contributed by atoms with Crippen LogP contribution in [0.15, 0.2) is 94.5 Å². The minimum atomic E-state index is -0.0137. The van der Waals surface area contributed by atoms with E-state index in [0.29, 0.717) is 10.8 Å². The molecule has 1 N–H and O–H groups in total. The summed E-state index contributed by atoms with van der Waals surface area (Å²) in [6, 6.07) is 26.3. The molecule has 0 aliphatic carbocycles. The molecule has 2 aromatic heterocycles. The van der Waals surface area contributed by atoms with Crippen LogP contribution in [0.25, 0.3) is 40.3 Å². The average Bonchev–Trinajstić information content (AvgIpc) is 2.81. The van der Waals surface area contributed by atoms with Crippen molar-refractivity contribution in [3.63, 3.8) is 0 Å². The van der Waals surface area contributed by atoms with E-state index in [1.807, 2.05) is 73.7 Å². The van der Waals surface area contributed by atoms with Crippen molar-refractivity contribution in [3.05, 3.63) is 111 Å². The number of aromatic hydroxyl groups is 1. The van der Waals surface area contributed by atoms with Crippen molar-refractivity contribution in [2.45, 2.75) is 6.92 Å². The highest BCUT2D eigenvalue weighted by Gasteiger charge is 2.06. The van der Waals surface area contributed by atoms with Gasteiger partial charge in [0.15, 0.2) is 10.9 Å². The van der Waals surface area contributed by atoms with Crippen LogP contribution >= 0.6 is 22.7 Å². The SMILES string of the molecule is Cc1ccc2sc3ccccc3c(=O)c2c1.O=c1c2ccccc2sc2ccc(O)cc12. The van der Waals surface area contributed by atoms with Crippen molar-refractivity contribution in [2.75, 3.05) is 0 Å². The monoisotopic (exact) mass is 454 g/mol. The van der Waals surface area contributed by atoms with Gasteiger partial charge in [0.25, 0.3) is 0 Å². The van der Waals surface area contributed by atoms with Gasteiger partial charge < -0.3 is 5.11 Å². The molecule has 0 radical (unpaired) electrons. The van der Waals surface area contributed by atoms with E-state index >= 15 is 0 Å². The molecule has 0 fully saturated rings.